The van der Waals surface area contributed by atoms with Crippen LogP contribution in [0.2, 0.25) is 0 Å². The molecule has 0 amide bonds. The molecule has 0 rings (SSSR count). The third kappa shape index (κ3) is 1650. The van der Waals surface area contributed by atoms with Gasteiger partial charge in [0.25, 0.3) is 0 Å². The molecule has 0 atom stereocenters. The second-order valence-corrected chi connectivity index (χ2v) is 2.45. The van der Waals surface area contributed by atoms with Crippen molar-refractivity contribution in [2.24, 2.45) is 0 Å². The molecular formula is AlCuO8S2. The Morgan fingerprint density at radius 3 is 0.667 bits per heavy atom. The van der Waals surface area contributed by atoms with Gasteiger partial charge in [-0.15, -0.1) is 0 Å². The Kier molecular flexibility index (Phi) is 16.1. The van der Waals surface area contributed by atoms with Gasteiger partial charge in [-0.25, -0.2) is 0 Å². The van der Waals surface area contributed by atoms with Crippen LogP contribution in [0, 0.1) is 0 Å². The van der Waals surface area contributed by atoms with Crippen LogP contribution in [0.3, 0.4) is 0 Å². The van der Waals surface area contributed by atoms with Crippen LogP contribution >= 0.6 is 0 Å². The van der Waals surface area contributed by atoms with Gasteiger partial charge in [-0.1, -0.05) is 0 Å². The minimum absolute atomic E-state index is 0. The van der Waals surface area contributed by atoms with Gasteiger partial charge in [0.15, 0.2) is 0 Å². The zero-order chi connectivity index (χ0) is 9.00. The Labute approximate surface area is 90.1 Å². The zero-order valence-electron chi connectivity index (χ0n) is 4.96. The second kappa shape index (κ2) is 8.39. The predicted octanol–water partition coefficient (Wildman–Crippen LogP) is -3.06. The first-order chi connectivity index (χ1) is 4.00. The fourth-order valence-electron chi connectivity index (χ4n) is 0. The van der Waals surface area contributed by atoms with Crippen molar-refractivity contribution in [3.63, 3.8) is 0 Å². The van der Waals surface area contributed by atoms with Crippen LogP contribution in [-0.2, 0) is 37.9 Å². The summed E-state index contributed by atoms with van der Waals surface area (Å²) in [5, 5.41) is 0. The number of rotatable bonds is 0. The van der Waals surface area contributed by atoms with Crippen LogP contribution in [-0.4, -0.2) is 52.4 Å². The van der Waals surface area contributed by atoms with Crippen molar-refractivity contribution in [2.75, 3.05) is 0 Å². The zero-order valence-corrected chi connectivity index (χ0v) is 8.69. The maximum atomic E-state index is 8.52. The van der Waals surface area contributed by atoms with Gasteiger partial charge >= 0.3 is 34.4 Å². The molecule has 0 saturated heterocycles. The van der Waals surface area contributed by atoms with Gasteiger partial charge in [0, 0.05) is 20.8 Å². The van der Waals surface area contributed by atoms with Gasteiger partial charge in [-0.05, 0) is 0 Å². The Morgan fingerprint density at radius 2 is 0.667 bits per heavy atom. The molecule has 0 spiro atoms. The molecule has 0 fully saturated rings. The molecule has 0 unspecified atom stereocenters. The standard InChI is InChI=1S/Al.Cu.2H2O4S/c;;2*1-5(2,3)4/h;;2*(H2,1,2,3,4)/q+3;+1;;/p-4. The first-order valence-electron chi connectivity index (χ1n) is 1.33. The molecule has 0 N–H and O–H groups in total. The van der Waals surface area contributed by atoms with Crippen molar-refractivity contribution >= 4 is 38.2 Å². The molecule has 0 aliphatic rings. The summed E-state index contributed by atoms with van der Waals surface area (Å²) in [6, 6.07) is 0. The molecule has 74 valence electrons. The van der Waals surface area contributed by atoms with Gasteiger partial charge in [-0.2, -0.15) is 0 Å². The van der Waals surface area contributed by atoms with E-state index in [1.54, 1.807) is 0 Å². The van der Waals surface area contributed by atoms with Crippen molar-refractivity contribution in [1.82, 2.24) is 0 Å². The summed E-state index contributed by atoms with van der Waals surface area (Å²) >= 11 is 0. The molecule has 8 nitrogen and oxygen atoms in total. The summed E-state index contributed by atoms with van der Waals surface area (Å²) in [5.41, 5.74) is 0. The van der Waals surface area contributed by atoms with Crippen LogP contribution in [0.4, 0.5) is 0 Å². The van der Waals surface area contributed by atoms with Gasteiger partial charge in [0.05, 0.1) is 0 Å². The van der Waals surface area contributed by atoms with E-state index in [0.29, 0.717) is 0 Å². The molecule has 0 saturated carbocycles. The third-order valence-electron chi connectivity index (χ3n) is 0. The van der Waals surface area contributed by atoms with Crippen LogP contribution in [0.15, 0.2) is 0 Å². The van der Waals surface area contributed by atoms with E-state index in [4.69, 9.17) is 35.0 Å². The summed E-state index contributed by atoms with van der Waals surface area (Å²) < 4.78 is 68.2. The fourth-order valence-corrected chi connectivity index (χ4v) is 0. The molecule has 0 heterocycles. The first kappa shape index (κ1) is 23.0. The second-order valence-electron chi connectivity index (χ2n) is 0.816. The van der Waals surface area contributed by atoms with E-state index in [1.165, 1.54) is 0 Å². The van der Waals surface area contributed by atoms with Gasteiger partial charge < -0.3 is 18.2 Å². The molecule has 12 heteroatoms. The Morgan fingerprint density at radius 1 is 0.667 bits per heavy atom. The molecular weight excluding hydrogens is 283 g/mol. The van der Waals surface area contributed by atoms with Crippen molar-refractivity contribution in [3.05, 3.63) is 0 Å². The van der Waals surface area contributed by atoms with Gasteiger partial charge in [-0.3, -0.25) is 16.8 Å². The molecule has 0 aromatic rings. The molecule has 0 aromatic heterocycles. The molecule has 0 bridgehead atoms. The summed E-state index contributed by atoms with van der Waals surface area (Å²) in [7, 11) is -10.3. The van der Waals surface area contributed by atoms with E-state index < -0.39 is 20.8 Å². The Balaban J connectivity index is -0.0000000457. The minimum atomic E-state index is -5.17. The van der Waals surface area contributed by atoms with Gasteiger partial charge in [0.1, 0.15) is 0 Å². The number of hydrogen-bond acceptors (Lipinski definition) is 8. The summed E-state index contributed by atoms with van der Waals surface area (Å²) in [6.07, 6.45) is 0. The summed E-state index contributed by atoms with van der Waals surface area (Å²) in [4.78, 5) is 0. The average molecular weight is 283 g/mol. The average Bonchev–Trinajstić information content (AvgIpc) is 1.12. The van der Waals surface area contributed by atoms with Crippen molar-refractivity contribution in [1.29, 1.82) is 0 Å². The smallest absolute Gasteiger partial charge is 0.759 e. The van der Waals surface area contributed by atoms with Crippen LogP contribution in [0.5, 0.6) is 0 Å². The van der Waals surface area contributed by atoms with E-state index >= 15 is 0 Å². The molecule has 0 aromatic carbocycles. The molecule has 12 heavy (non-hydrogen) atoms. The van der Waals surface area contributed by atoms with Crippen molar-refractivity contribution < 1.29 is 52.1 Å². The van der Waals surface area contributed by atoms with Crippen molar-refractivity contribution in [2.45, 2.75) is 0 Å². The first-order valence-corrected chi connectivity index (χ1v) is 4.00. The molecule has 0 radical (unpaired) electrons. The normalized spacial score (nSPS) is 9.67. The van der Waals surface area contributed by atoms with Crippen LogP contribution < -0.4 is 0 Å². The van der Waals surface area contributed by atoms with E-state index in [0.717, 1.165) is 0 Å². The van der Waals surface area contributed by atoms with E-state index in [2.05, 4.69) is 0 Å². The Hall–Kier alpha value is 0.792. The Bertz CT molecular complexity index is 213. The monoisotopic (exact) mass is 282 g/mol. The molecule has 0 aliphatic heterocycles. The third-order valence-corrected chi connectivity index (χ3v) is 0. The summed E-state index contributed by atoms with van der Waals surface area (Å²) in [5.74, 6) is 0. The minimum Gasteiger partial charge on any atom is -0.759 e. The van der Waals surface area contributed by atoms with Crippen LogP contribution in [0.25, 0.3) is 0 Å². The fraction of sp³-hybridized carbons (Fsp3) is 0. The van der Waals surface area contributed by atoms with E-state index in [1.807, 2.05) is 0 Å². The van der Waals surface area contributed by atoms with Crippen molar-refractivity contribution in [3.8, 4) is 0 Å². The largest absolute Gasteiger partial charge is 3.00 e. The topological polar surface area (TPSA) is 161 Å². The predicted molar refractivity (Wildman–Crippen MR) is 26.7 cm³/mol. The maximum absolute atomic E-state index is 8.52. The van der Waals surface area contributed by atoms with E-state index in [-0.39, 0.29) is 34.4 Å². The van der Waals surface area contributed by atoms with E-state index in [9.17, 15) is 0 Å². The number of hydrogen-bond donors (Lipinski definition) is 0. The summed E-state index contributed by atoms with van der Waals surface area (Å²) in [6.45, 7) is 0. The molecule has 0 aliphatic carbocycles. The quantitative estimate of drug-likeness (QED) is 0.257. The maximum Gasteiger partial charge on any atom is 3.00 e. The van der Waals surface area contributed by atoms with Crippen LogP contribution in [0.1, 0.15) is 0 Å². The van der Waals surface area contributed by atoms with Gasteiger partial charge in [0.2, 0.25) is 0 Å². The SMILES string of the molecule is O=S(=O)([O-])[O-].O=S(=O)([O-])[O-].[Al+3].[Cu+].